The molecule has 2 aliphatic rings. The predicted molar refractivity (Wildman–Crippen MR) is 111 cm³/mol. The number of allylic oxidation sites excluding steroid dienone is 1. The number of aromatic nitrogens is 3. The second kappa shape index (κ2) is 7.81. The van der Waals surface area contributed by atoms with E-state index >= 15 is 0 Å². The molecule has 0 amide bonds. The zero-order valence-corrected chi connectivity index (χ0v) is 17.5. The van der Waals surface area contributed by atoms with E-state index in [4.69, 9.17) is 12.2 Å². The molecule has 1 fully saturated rings. The van der Waals surface area contributed by atoms with Crippen LogP contribution in [0.5, 0.6) is 0 Å². The Morgan fingerprint density at radius 1 is 1.18 bits per heavy atom. The number of sulfonamides is 1. The van der Waals surface area contributed by atoms with Crippen LogP contribution in [0.3, 0.4) is 0 Å². The van der Waals surface area contributed by atoms with Crippen molar-refractivity contribution >= 4 is 27.9 Å². The highest BCUT2D eigenvalue weighted by atomic mass is 32.2. The molecule has 1 saturated heterocycles. The highest BCUT2D eigenvalue weighted by Crippen LogP contribution is 2.32. The van der Waals surface area contributed by atoms with Gasteiger partial charge < -0.3 is 9.47 Å². The molecule has 4 rings (SSSR count). The summed E-state index contributed by atoms with van der Waals surface area (Å²) in [6.45, 7) is 6.98. The Kier molecular flexibility index (Phi) is 5.39. The maximum absolute atomic E-state index is 12.9. The Balaban J connectivity index is 1.55. The number of benzene rings is 1. The van der Waals surface area contributed by atoms with E-state index in [1.165, 1.54) is 0 Å². The topological polar surface area (TPSA) is 63.4 Å². The zero-order valence-electron chi connectivity index (χ0n) is 15.8. The standard InChI is InChI=1S/C19H25N5O2S2/c1-2-9-21-14-20-24(19(21)27)15-22-12-8-16-13-17(6-7-18(16)22)28(25,26)23-10-4-3-5-11-23/h2,6-7,13-14H,1,3-5,8-12,15H2. The van der Waals surface area contributed by atoms with Gasteiger partial charge in [-0.2, -0.15) is 9.40 Å². The highest BCUT2D eigenvalue weighted by molar-refractivity contribution is 7.89. The summed E-state index contributed by atoms with van der Waals surface area (Å²) >= 11 is 5.47. The van der Waals surface area contributed by atoms with Crippen LogP contribution in [0.4, 0.5) is 5.69 Å². The smallest absolute Gasteiger partial charge is 0.243 e. The Morgan fingerprint density at radius 3 is 2.71 bits per heavy atom. The van der Waals surface area contributed by atoms with Gasteiger partial charge in [-0.3, -0.25) is 0 Å². The van der Waals surface area contributed by atoms with Gasteiger partial charge in [-0.05, 0) is 55.2 Å². The third kappa shape index (κ3) is 3.54. The average molecular weight is 420 g/mol. The fourth-order valence-corrected chi connectivity index (χ4v) is 5.70. The van der Waals surface area contributed by atoms with Crippen molar-refractivity contribution in [3.8, 4) is 0 Å². The quantitative estimate of drug-likeness (QED) is 0.532. The molecule has 9 heteroatoms. The summed E-state index contributed by atoms with van der Waals surface area (Å²) in [7, 11) is -3.40. The summed E-state index contributed by atoms with van der Waals surface area (Å²) in [6, 6.07) is 5.50. The third-order valence-electron chi connectivity index (χ3n) is 5.42. The van der Waals surface area contributed by atoms with Crippen LogP contribution in [0.2, 0.25) is 0 Å². The molecular weight excluding hydrogens is 394 g/mol. The molecule has 0 aliphatic carbocycles. The van der Waals surface area contributed by atoms with Crippen LogP contribution >= 0.6 is 12.2 Å². The molecule has 0 saturated carbocycles. The minimum atomic E-state index is -3.40. The van der Waals surface area contributed by atoms with Crippen molar-refractivity contribution in [2.75, 3.05) is 24.5 Å². The van der Waals surface area contributed by atoms with E-state index in [2.05, 4.69) is 16.6 Å². The van der Waals surface area contributed by atoms with Gasteiger partial charge in [0.2, 0.25) is 10.0 Å². The first-order valence-electron chi connectivity index (χ1n) is 9.62. The monoisotopic (exact) mass is 419 g/mol. The number of hydrogen-bond acceptors (Lipinski definition) is 5. The van der Waals surface area contributed by atoms with Gasteiger partial charge in [0.15, 0.2) is 4.77 Å². The minimum absolute atomic E-state index is 0.405. The van der Waals surface area contributed by atoms with E-state index in [0.717, 1.165) is 43.5 Å². The number of rotatable bonds is 6. The van der Waals surface area contributed by atoms with Crippen molar-refractivity contribution in [1.29, 1.82) is 0 Å². The van der Waals surface area contributed by atoms with Crippen molar-refractivity contribution in [3.63, 3.8) is 0 Å². The Hall–Kier alpha value is -1.97. The maximum Gasteiger partial charge on any atom is 0.243 e. The lowest BCUT2D eigenvalue weighted by Crippen LogP contribution is -2.35. The van der Waals surface area contributed by atoms with Crippen molar-refractivity contribution in [3.05, 3.63) is 47.5 Å². The van der Waals surface area contributed by atoms with Gasteiger partial charge in [0.05, 0.1) is 4.90 Å². The molecule has 150 valence electrons. The number of hydrogen-bond donors (Lipinski definition) is 0. The van der Waals surface area contributed by atoms with E-state index in [0.29, 0.717) is 36.0 Å². The van der Waals surface area contributed by atoms with Gasteiger partial charge in [0, 0.05) is 31.9 Å². The molecule has 0 spiro atoms. The van der Waals surface area contributed by atoms with E-state index in [9.17, 15) is 8.42 Å². The van der Waals surface area contributed by atoms with E-state index < -0.39 is 10.0 Å². The van der Waals surface area contributed by atoms with Crippen molar-refractivity contribution in [1.82, 2.24) is 18.7 Å². The SMILES string of the molecule is C=CCn1cnn(CN2CCc3cc(S(=O)(=O)N4CCCCC4)ccc32)c1=S. The van der Waals surface area contributed by atoms with Crippen LogP contribution in [0.1, 0.15) is 24.8 Å². The molecule has 0 unspecified atom stereocenters. The van der Waals surface area contributed by atoms with Gasteiger partial charge in [0.1, 0.15) is 13.0 Å². The molecule has 0 N–H and O–H groups in total. The van der Waals surface area contributed by atoms with Gasteiger partial charge in [-0.15, -0.1) is 6.58 Å². The molecule has 7 nitrogen and oxygen atoms in total. The second-order valence-electron chi connectivity index (χ2n) is 7.26. The lowest BCUT2D eigenvalue weighted by Gasteiger charge is -2.26. The third-order valence-corrected chi connectivity index (χ3v) is 7.76. The van der Waals surface area contributed by atoms with Crippen molar-refractivity contribution < 1.29 is 8.42 Å². The van der Waals surface area contributed by atoms with Gasteiger partial charge in [-0.25, -0.2) is 13.1 Å². The molecular formula is C19H25N5O2S2. The largest absolute Gasteiger partial charge is 0.351 e. The Bertz CT molecular complexity index is 1030. The van der Waals surface area contributed by atoms with E-state index in [1.54, 1.807) is 27.5 Å². The van der Waals surface area contributed by atoms with Crippen LogP contribution in [0.15, 0.2) is 42.1 Å². The number of fused-ring (bicyclic) bond motifs is 1. The van der Waals surface area contributed by atoms with Crippen molar-refractivity contribution in [2.45, 2.75) is 43.8 Å². The van der Waals surface area contributed by atoms with E-state index in [-0.39, 0.29) is 0 Å². The zero-order chi connectivity index (χ0) is 19.7. The lowest BCUT2D eigenvalue weighted by molar-refractivity contribution is 0.346. The van der Waals surface area contributed by atoms with Gasteiger partial charge in [0.25, 0.3) is 0 Å². The minimum Gasteiger partial charge on any atom is -0.351 e. The van der Waals surface area contributed by atoms with Gasteiger partial charge >= 0.3 is 0 Å². The Morgan fingerprint density at radius 2 is 1.96 bits per heavy atom. The second-order valence-corrected chi connectivity index (χ2v) is 9.57. The summed E-state index contributed by atoms with van der Waals surface area (Å²) < 4.78 is 31.8. The van der Waals surface area contributed by atoms with Crippen LogP contribution in [0, 0.1) is 4.77 Å². The molecule has 2 aliphatic heterocycles. The molecule has 0 bridgehead atoms. The highest BCUT2D eigenvalue weighted by Gasteiger charge is 2.28. The fraction of sp³-hybridized carbons (Fsp3) is 0.474. The summed E-state index contributed by atoms with van der Waals surface area (Å²) in [4.78, 5) is 2.59. The van der Waals surface area contributed by atoms with Gasteiger partial charge in [-0.1, -0.05) is 12.5 Å². The summed E-state index contributed by atoms with van der Waals surface area (Å²) in [5, 5.41) is 4.37. The molecule has 1 aromatic heterocycles. The average Bonchev–Trinajstić information content (AvgIpc) is 3.27. The summed E-state index contributed by atoms with van der Waals surface area (Å²) in [5.41, 5.74) is 2.12. The molecule has 2 aromatic rings. The fourth-order valence-electron chi connectivity index (χ4n) is 3.90. The summed E-state index contributed by atoms with van der Waals surface area (Å²) in [6.07, 6.45) is 7.32. The van der Waals surface area contributed by atoms with Crippen LogP contribution in [0.25, 0.3) is 0 Å². The Labute approximate surface area is 170 Å². The molecule has 0 radical (unpaired) electrons. The van der Waals surface area contributed by atoms with Crippen LogP contribution in [-0.4, -0.2) is 46.7 Å². The number of nitrogens with zero attached hydrogens (tertiary/aromatic N) is 5. The lowest BCUT2D eigenvalue weighted by atomic mass is 10.2. The van der Waals surface area contributed by atoms with Crippen LogP contribution in [-0.2, 0) is 29.7 Å². The molecule has 1 aromatic carbocycles. The summed E-state index contributed by atoms with van der Waals surface area (Å²) in [5.74, 6) is 0. The van der Waals surface area contributed by atoms with Crippen LogP contribution < -0.4 is 4.90 Å². The number of anilines is 1. The molecule has 0 atom stereocenters. The number of piperidine rings is 1. The first-order valence-corrected chi connectivity index (χ1v) is 11.5. The first-order chi connectivity index (χ1) is 13.5. The maximum atomic E-state index is 12.9. The van der Waals surface area contributed by atoms with E-state index in [1.807, 2.05) is 16.7 Å². The molecule has 3 heterocycles. The molecule has 28 heavy (non-hydrogen) atoms. The normalized spacial score (nSPS) is 17.6. The predicted octanol–water partition coefficient (Wildman–Crippen LogP) is 2.79. The van der Waals surface area contributed by atoms with Crippen molar-refractivity contribution in [2.24, 2.45) is 0 Å². The first kappa shape index (κ1) is 19.4.